The molecule has 0 fully saturated rings. The minimum absolute atomic E-state index is 0. The van der Waals surface area contributed by atoms with Crippen LogP contribution in [0.15, 0.2) is 24.3 Å². The van der Waals surface area contributed by atoms with E-state index in [9.17, 15) is 9.18 Å². The molecule has 0 spiro atoms. The number of hydrogen-bond donors (Lipinski definition) is 1. The normalized spacial score (nSPS) is 8.45. The maximum atomic E-state index is 12.2. The van der Waals surface area contributed by atoms with Gasteiger partial charge in [-0.2, -0.15) is 0 Å². The van der Waals surface area contributed by atoms with E-state index < -0.39 is 11.8 Å². The van der Waals surface area contributed by atoms with E-state index in [-0.39, 0.29) is 27.9 Å². The molecule has 0 amide bonds. The first-order valence-electron chi connectivity index (χ1n) is 2.69. The van der Waals surface area contributed by atoms with Crippen LogP contribution in [0.3, 0.4) is 0 Å². The summed E-state index contributed by atoms with van der Waals surface area (Å²) < 4.78 is 12.2. The molecule has 0 bridgehead atoms. The van der Waals surface area contributed by atoms with Crippen LogP contribution in [0.4, 0.5) is 4.39 Å². The van der Waals surface area contributed by atoms with E-state index in [1.807, 2.05) is 0 Å². The van der Waals surface area contributed by atoms with E-state index in [2.05, 4.69) is 0 Å². The van der Waals surface area contributed by atoms with Gasteiger partial charge in [0, 0.05) is 22.4 Å². The van der Waals surface area contributed by atoms with Gasteiger partial charge < -0.3 is 5.11 Å². The first-order valence-corrected chi connectivity index (χ1v) is 2.69. The van der Waals surface area contributed by atoms with Crippen molar-refractivity contribution >= 4 is 5.97 Å². The second-order valence-corrected chi connectivity index (χ2v) is 1.81. The van der Waals surface area contributed by atoms with Crippen LogP contribution in [-0.2, 0) is 22.4 Å². The van der Waals surface area contributed by atoms with Gasteiger partial charge in [0.2, 0.25) is 0 Å². The molecule has 4 heteroatoms. The number of halogens is 1. The first kappa shape index (κ1) is 10.4. The molecule has 63 valence electrons. The molecule has 11 heavy (non-hydrogen) atoms. The van der Waals surface area contributed by atoms with Crippen molar-refractivity contribution in [2.45, 2.75) is 0 Å². The fourth-order valence-corrected chi connectivity index (χ4v) is 0.592. The van der Waals surface area contributed by atoms with Crippen LogP contribution in [0.2, 0.25) is 0 Å². The van der Waals surface area contributed by atoms with Crippen LogP contribution in [-0.4, -0.2) is 11.1 Å². The Balaban J connectivity index is 0.000001000. The summed E-state index contributed by atoms with van der Waals surface area (Å²) in [5.74, 6) is -1.47. The van der Waals surface area contributed by atoms with Crippen molar-refractivity contribution in [3.63, 3.8) is 0 Å². The molecule has 0 atom stereocenters. The molecule has 0 unspecified atom stereocenters. The molecular weight excluding hydrogens is 243 g/mol. The zero-order valence-corrected chi connectivity index (χ0v) is 6.83. The van der Waals surface area contributed by atoms with Crippen molar-refractivity contribution in [3.8, 4) is 0 Å². The summed E-state index contributed by atoms with van der Waals surface area (Å²) in [6.45, 7) is 0. The third-order valence-corrected chi connectivity index (χ3v) is 1.09. The van der Waals surface area contributed by atoms with Crippen molar-refractivity contribution in [2.75, 3.05) is 0 Å². The number of hydrogen-bond acceptors (Lipinski definition) is 1. The molecule has 0 aliphatic heterocycles. The molecule has 0 aliphatic carbocycles. The molecule has 1 N–H and O–H groups in total. The van der Waals surface area contributed by atoms with E-state index >= 15 is 0 Å². The maximum absolute atomic E-state index is 12.2. The Hall–Kier alpha value is -0.640. The largest absolute Gasteiger partial charge is 0.478 e. The number of carboxylic acids is 1. The molecule has 0 saturated heterocycles. The fraction of sp³-hybridized carbons (Fsp3) is 0. The standard InChI is InChI=1S/C7H5FO2.Ag/c8-6-3-1-5(2-4-6)7(9)10;/h1-4H,(H,9,10);. The molecule has 0 heterocycles. The van der Waals surface area contributed by atoms with Crippen molar-refractivity contribution in [3.05, 3.63) is 35.6 Å². The molecule has 1 aromatic carbocycles. The maximum Gasteiger partial charge on any atom is 0.335 e. The number of aromatic carboxylic acids is 1. The van der Waals surface area contributed by atoms with Crippen molar-refractivity contribution in [1.82, 2.24) is 0 Å². The van der Waals surface area contributed by atoms with E-state index in [4.69, 9.17) is 5.11 Å². The topological polar surface area (TPSA) is 37.3 Å². The van der Waals surface area contributed by atoms with Gasteiger partial charge in [-0.3, -0.25) is 0 Å². The van der Waals surface area contributed by atoms with E-state index in [0.717, 1.165) is 12.1 Å². The number of carboxylic acid groups (broad SMARTS) is 1. The van der Waals surface area contributed by atoms with Crippen molar-refractivity contribution < 1.29 is 36.7 Å². The monoisotopic (exact) mass is 247 g/mol. The van der Waals surface area contributed by atoms with Crippen LogP contribution >= 0.6 is 0 Å². The van der Waals surface area contributed by atoms with Crippen molar-refractivity contribution in [2.24, 2.45) is 0 Å². The molecule has 2 nitrogen and oxygen atoms in total. The molecule has 0 aliphatic rings. The van der Waals surface area contributed by atoms with Gasteiger partial charge >= 0.3 is 5.97 Å². The number of carbonyl (C=O) groups is 1. The third kappa shape index (κ3) is 2.84. The van der Waals surface area contributed by atoms with Gasteiger partial charge in [0.25, 0.3) is 0 Å². The van der Waals surface area contributed by atoms with Crippen LogP contribution in [0.5, 0.6) is 0 Å². The van der Waals surface area contributed by atoms with Crippen LogP contribution in [0, 0.1) is 5.82 Å². The van der Waals surface area contributed by atoms with Gasteiger partial charge in [-0.15, -0.1) is 0 Å². The Labute approximate surface area is 78.6 Å². The van der Waals surface area contributed by atoms with Crippen LogP contribution in [0.1, 0.15) is 10.4 Å². The number of benzene rings is 1. The minimum atomic E-state index is -1.04. The molecule has 0 saturated carbocycles. The molecular formula is C7H5AgFO2. The van der Waals surface area contributed by atoms with Crippen LogP contribution in [0.25, 0.3) is 0 Å². The summed E-state index contributed by atoms with van der Waals surface area (Å²) in [7, 11) is 0. The average Bonchev–Trinajstić information content (AvgIpc) is 1.88. The molecule has 0 aromatic heterocycles. The van der Waals surface area contributed by atoms with Gasteiger partial charge in [-0.05, 0) is 24.3 Å². The predicted octanol–water partition coefficient (Wildman–Crippen LogP) is 1.52. The predicted molar refractivity (Wildman–Crippen MR) is 33.4 cm³/mol. The van der Waals surface area contributed by atoms with Gasteiger partial charge in [-0.1, -0.05) is 0 Å². The molecule has 1 radical (unpaired) electrons. The van der Waals surface area contributed by atoms with Crippen LogP contribution < -0.4 is 0 Å². The smallest absolute Gasteiger partial charge is 0.335 e. The summed E-state index contributed by atoms with van der Waals surface area (Å²) in [5, 5.41) is 8.35. The Bertz CT molecular complexity index is 245. The first-order chi connectivity index (χ1) is 4.70. The van der Waals surface area contributed by atoms with E-state index in [1.165, 1.54) is 12.1 Å². The van der Waals surface area contributed by atoms with Gasteiger partial charge in [0.15, 0.2) is 0 Å². The Morgan fingerprint density at radius 3 is 2.09 bits per heavy atom. The Morgan fingerprint density at radius 1 is 1.27 bits per heavy atom. The SMILES string of the molecule is O=C(O)c1ccc(F)cc1.[Ag]. The second-order valence-electron chi connectivity index (χ2n) is 1.81. The zero-order chi connectivity index (χ0) is 7.56. The van der Waals surface area contributed by atoms with Gasteiger partial charge in [-0.25, -0.2) is 9.18 Å². The van der Waals surface area contributed by atoms with Crippen molar-refractivity contribution in [1.29, 1.82) is 0 Å². The molecule has 1 aromatic rings. The fourth-order valence-electron chi connectivity index (χ4n) is 0.592. The third-order valence-electron chi connectivity index (χ3n) is 1.09. The summed E-state index contributed by atoms with van der Waals surface area (Å²) in [5.41, 5.74) is 0.0985. The van der Waals surface area contributed by atoms with E-state index in [0.29, 0.717) is 0 Å². The van der Waals surface area contributed by atoms with Gasteiger partial charge in [0.1, 0.15) is 5.82 Å². The Morgan fingerprint density at radius 2 is 1.73 bits per heavy atom. The molecule has 1 rings (SSSR count). The average molecular weight is 248 g/mol. The summed E-state index contributed by atoms with van der Waals surface area (Å²) >= 11 is 0. The van der Waals surface area contributed by atoms with E-state index in [1.54, 1.807) is 0 Å². The zero-order valence-electron chi connectivity index (χ0n) is 5.34. The summed E-state index contributed by atoms with van der Waals surface area (Å²) in [6, 6.07) is 4.67. The summed E-state index contributed by atoms with van der Waals surface area (Å²) in [4.78, 5) is 10.2. The second kappa shape index (κ2) is 4.28. The Kier molecular flexibility index (Phi) is 4.03. The number of rotatable bonds is 1. The van der Waals surface area contributed by atoms with Gasteiger partial charge in [0.05, 0.1) is 5.56 Å². The minimum Gasteiger partial charge on any atom is -0.478 e. The summed E-state index contributed by atoms with van der Waals surface area (Å²) in [6.07, 6.45) is 0. The quantitative estimate of drug-likeness (QED) is 0.765.